The van der Waals surface area contributed by atoms with Crippen LogP contribution < -0.4 is 10.2 Å². The Labute approximate surface area is 122 Å². The van der Waals surface area contributed by atoms with Gasteiger partial charge in [0, 0.05) is 18.6 Å². The lowest BCUT2D eigenvalue weighted by molar-refractivity contribution is -0.141. The van der Waals surface area contributed by atoms with Crippen LogP contribution in [0.4, 0.5) is 18.9 Å². The predicted octanol–water partition coefficient (Wildman–Crippen LogP) is 3.21. The van der Waals surface area contributed by atoms with Crippen molar-refractivity contribution in [3.63, 3.8) is 0 Å². The summed E-state index contributed by atoms with van der Waals surface area (Å²) in [6.07, 6.45) is 2.75. The van der Waals surface area contributed by atoms with E-state index in [1.807, 2.05) is 0 Å². The van der Waals surface area contributed by atoms with Crippen LogP contribution in [0.5, 0.6) is 0 Å². The largest absolute Gasteiger partial charge is 0.433 e. The maximum absolute atomic E-state index is 12.6. The zero-order chi connectivity index (χ0) is 14.9. The van der Waals surface area contributed by atoms with Gasteiger partial charge in [0.2, 0.25) is 0 Å². The highest BCUT2D eigenvalue weighted by molar-refractivity contribution is 5.45. The molecule has 0 atom stereocenters. The van der Waals surface area contributed by atoms with Gasteiger partial charge in [-0.15, -0.1) is 0 Å². The molecule has 0 amide bonds. The summed E-state index contributed by atoms with van der Waals surface area (Å²) in [4.78, 5) is 5.76. The zero-order valence-corrected chi connectivity index (χ0v) is 11.9. The average molecular weight is 299 g/mol. The zero-order valence-electron chi connectivity index (χ0n) is 11.9. The Bertz CT molecular complexity index is 478. The van der Waals surface area contributed by atoms with E-state index in [9.17, 15) is 13.2 Å². The van der Waals surface area contributed by atoms with E-state index in [-0.39, 0.29) is 5.54 Å². The van der Waals surface area contributed by atoms with E-state index in [0.29, 0.717) is 0 Å². The molecule has 1 aromatic rings. The van der Waals surface area contributed by atoms with Crippen LogP contribution in [0.3, 0.4) is 0 Å². The molecule has 2 fully saturated rings. The number of anilines is 1. The topological polar surface area (TPSA) is 28.2 Å². The first-order valence-electron chi connectivity index (χ1n) is 7.52. The van der Waals surface area contributed by atoms with Crippen LogP contribution in [0.1, 0.15) is 37.8 Å². The summed E-state index contributed by atoms with van der Waals surface area (Å²) in [6, 6.07) is 2.62. The van der Waals surface area contributed by atoms with E-state index in [4.69, 9.17) is 0 Å². The number of nitrogens with zero attached hydrogens (tertiary/aromatic N) is 2. The number of hydrogen-bond donors (Lipinski definition) is 1. The highest BCUT2D eigenvalue weighted by atomic mass is 19.4. The third-order valence-corrected chi connectivity index (χ3v) is 4.56. The van der Waals surface area contributed by atoms with Gasteiger partial charge in [-0.3, -0.25) is 0 Å². The number of nitrogens with one attached hydrogen (secondary N) is 1. The highest BCUT2D eigenvalue weighted by Crippen LogP contribution is 2.34. The molecule has 1 N–H and O–H groups in total. The molecule has 2 heterocycles. The number of hydrogen-bond acceptors (Lipinski definition) is 3. The summed E-state index contributed by atoms with van der Waals surface area (Å²) in [6.45, 7) is 2.70. The minimum Gasteiger partial charge on any atom is -0.368 e. The molecule has 1 aliphatic carbocycles. The van der Waals surface area contributed by atoms with Crippen molar-refractivity contribution in [1.82, 2.24) is 10.3 Å². The molecule has 1 spiro atoms. The minimum atomic E-state index is -4.37. The molecule has 1 saturated heterocycles. The summed E-state index contributed by atoms with van der Waals surface area (Å²) in [5.74, 6) is 0. The van der Waals surface area contributed by atoms with Crippen LogP contribution in [0.2, 0.25) is 0 Å². The lowest BCUT2D eigenvalue weighted by Gasteiger charge is -2.34. The number of alkyl halides is 3. The second kappa shape index (κ2) is 5.48. The Balaban J connectivity index is 1.78. The Kier molecular flexibility index (Phi) is 3.82. The molecule has 0 bridgehead atoms. The van der Waals surface area contributed by atoms with Crippen molar-refractivity contribution in [3.05, 3.63) is 24.0 Å². The summed E-state index contributed by atoms with van der Waals surface area (Å²) in [5, 5.41) is 3.65. The number of halogens is 3. The average Bonchev–Trinajstić information content (AvgIpc) is 2.79. The smallest absolute Gasteiger partial charge is 0.368 e. The third kappa shape index (κ3) is 3.15. The lowest BCUT2D eigenvalue weighted by atomic mass is 9.97. The highest BCUT2D eigenvalue weighted by Gasteiger charge is 2.37. The van der Waals surface area contributed by atoms with Crippen LogP contribution in [0, 0.1) is 0 Å². The quantitative estimate of drug-likeness (QED) is 0.863. The second-order valence-electron chi connectivity index (χ2n) is 6.09. The van der Waals surface area contributed by atoms with Crippen LogP contribution in [-0.4, -0.2) is 30.2 Å². The molecule has 0 radical (unpaired) electrons. The SMILES string of the molecule is FC(F)(F)c1ccc(N2CCCNC3(CCCC3)C2)cn1. The fourth-order valence-corrected chi connectivity index (χ4v) is 3.47. The first-order chi connectivity index (χ1) is 9.99. The monoisotopic (exact) mass is 299 g/mol. The molecule has 1 saturated carbocycles. The van der Waals surface area contributed by atoms with Gasteiger partial charge in [-0.05, 0) is 37.9 Å². The Morgan fingerprint density at radius 1 is 1.14 bits per heavy atom. The van der Waals surface area contributed by atoms with Crippen molar-refractivity contribution >= 4 is 5.69 Å². The van der Waals surface area contributed by atoms with Crippen molar-refractivity contribution in [2.24, 2.45) is 0 Å². The Morgan fingerprint density at radius 2 is 1.90 bits per heavy atom. The molecule has 0 aromatic carbocycles. The fourth-order valence-electron chi connectivity index (χ4n) is 3.47. The van der Waals surface area contributed by atoms with Gasteiger partial charge in [-0.2, -0.15) is 13.2 Å². The van der Waals surface area contributed by atoms with Crippen LogP contribution in [-0.2, 0) is 6.18 Å². The number of aromatic nitrogens is 1. The Morgan fingerprint density at radius 3 is 2.52 bits per heavy atom. The Hall–Kier alpha value is -1.30. The molecular weight excluding hydrogens is 279 g/mol. The summed E-state index contributed by atoms with van der Waals surface area (Å²) >= 11 is 0. The number of pyridine rings is 1. The molecule has 2 aliphatic rings. The number of rotatable bonds is 1. The van der Waals surface area contributed by atoms with Crippen LogP contribution >= 0.6 is 0 Å². The first-order valence-corrected chi connectivity index (χ1v) is 7.52. The van der Waals surface area contributed by atoms with Crippen molar-refractivity contribution in [3.8, 4) is 0 Å². The first kappa shape index (κ1) is 14.6. The van der Waals surface area contributed by atoms with E-state index in [2.05, 4.69) is 15.2 Å². The van der Waals surface area contributed by atoms with E-state index in [1.54, 1.807) is 6.07 Å². The van der Waals surface area contributed by atoms with E-state index >= 15 is 0 Å². The third-order valence-electron chi connectivity index (χ3n) is 4.56. The van der Waals surface area contributed by atoms with Crippen molar-refractivity contribution < 1.29 is 13.2 Å². The van der Waals surface area contributed by atoms with Gasteiger partial charge in [0.15, 0.2) is 0 Å². The molecule has 1 aromatic heterocycles. The molecule has 3 nitrogen and oxygen atoms in total. The molecule has 0 unspecified atom stereocenters. The molecule has 3 rings (SSSR count). The van der Waals surface area contributed by atoms with Gasteiger partial charge in [0.1, 0.15) is 5.69 Å². The van der Waals surface area contributed by atoms with E-state index in [1.165, 1.54) is 19.0 Å². The van der Waals surface area contributed by atoms with Gasteiger partial charge in [-0.25, -0.2) is 4.98 Å². The summed E-state index contributed by atoms with van der Waals surface area (Å²) in [5.41, 5.74) is 0.104. The van der Waals surface area contributed by atoms with Gasteiger partial charge < -0.3 is 10.2 Å². The van der Waals surface area contributed by atoms with Crippen molar-refractivity contribution in [1.29, 1.82) is 0 Å². The van der Waals surface area contributed by atoms with Gasteiger partial charge in [0.05, 0.1) is 11.9 Å². The maximum atomic E-state index is 12.6. The van der Waals surface area contributed by atoms with E-state index in [0.717, 1.165) is 50.7 Å². The second-order valence-corrected chi connectivity index (χ2v) is 6.09. The van der Waals surface area contributed by atoms with Crippen LogP contribution in [0.15, 0.2) is 18.3 Å². The fraction of sp³-hybridized carbons (Fsp3) is 0.667. The van der Waals surface area contributed by atoms with Crippen LogP contribution in [0.25, 0.3) is 0 Å². The van der Waals surface area contributed by atoms with E-state index < -0.39 is 11.9 Å². The summed E-state index contributed by atoms with van der Waals surface area (Å²) in [7, 11) is 0. The lowest BCUT2D eigenvalue weighted by Crippen LogP contribution is -2.49. The van der Waals surface area contributed by atoms with Crippen molar-refractivity contribution in [2.75, 3.05) is 24.5 Å². The maximum Gasteiger partial charge on any atom is 0.433 e. The minimum absolute atomic E-state index is 0.138. The molecule has 1 aliphatic heterocycles. The molecule has 6 heteroatoms. The van der Waals surface area contributed by atoms with Gasteiger partial charge in [0.25, 0.3) is 0 Å². The van der Waals surface area contributed by atoms with Gasteiger partial charge in [-0.1, -0.05) is 12.8 Å². The predicted molar refractivity (Wildman–Crippen MR) is 75.3 cm³/mol. The van der Waals surface area contributed by atoms with Gasteiger partial charge >= 0.3 is 6.18 Å². The molecular formula is C15H20F3N3. The summed E-state index contributed by atoms with van der Waals surface area (Å²) < 4.78 is 37.7. The standard InChI is InChI=1S/C15H20F3N3/c16-15(17,18)13-5-4-12(10-19-13)21-9-3-8-20-14(11-21)6-1-2-7-14/h4-5,10,20H,1-3,6-9,11H2. The molecule has 116 valence electrons. The molecule has 21 heavy (non-hydrogen) atoms. The van der Waals surface area contributed by atoms with Crippen molar-refractivity contribution in [2.45, 2.75) is 43.8 Å². The normalized spacial score (nSPS) is 22.5.